The predicted molar refractivity (Wildman–Crippen MR) is 158 cm³/mol. The Bertz CT molecular complexity index is 1520. The molecule has 6 nitrogen and oxygen atoms in total. The van der Waals surface area contributed by atoms with Crippen LogP contribution in [0.4, 0.5) is 18.9 Å². The monoisotopic (exact) mass is 582 g/mol. The highest BCUT2D eigenvalue weighted by Crippen LogP contribution is 2.39. The Balaban J connectivity index is 1.34. The van der Waals surface area contributed by atoms with Crippen molar-refractivity contribution in [2.24, 2.45) is 0 Å². The lowest BCUT2D eigenvalue weighted by molar-refractivity contribution is -0.137. The van der Waals surface area contributed by atoms with Gasteiger partial charge in [0.1, 0.15) is 0 Å². The van der Waals surface area contributed by atoms with E-state index in [2.05, 4.69) is 32.6 Å². The van der Waals surface area contributed by atoms with Crippen molar-refractivity contribution in [3.05, 3.63) is 101 Å². The molecule has 0 radical (unpaired) electrons. The molecule has 0 aliphatic carbocycles. The van der Waals surface area contributed by atoms with Gasteiger partial charge in [0.05, 0.1) is 34.8 Å². The molecule has 4 aromatic rings. The molecule has 0 unspecified atom stereocenters. The van der Waals surface area contributed by atoms with E-state index in [0.29, 0.717) is 17.5 Å². The summed E-state index contributed by atoms with van der Waals surface area (Å²) in [5.41, 5.74) is 4.45. The Morgan fingerprint density at radius 2 is 1.83 bits per heavy atom. The number of benzene rings is 3. The van der Waals surface area contributed by atoms with Crippen LogP contribution in [0, 0.1) is 0 Å². The fourth-order valence-corrected chi connectivity index (χ4v) is 6.01. The number of nitrogens with one attached hydrogen (secondary N) is 2. The average Bonchev–Trinajstić information content (AvgIpc) is 3.33. The van der Waals surface area contributed by atoms with Crippen LogP contribution in [0.15, 0.2) is 72.9 Å². The van der Waals surface area contributed by atoms with Crippen LogP contribution in [0.3, 0.4) is 0 Å². The number of carbonyl (C=O) groups excluding carboxylic acids is 1. The molecule has 41 heavy (non-hydrogen) atoms. The number of aryl methyl sites for hydroxylation is 1. The molecule has 2 atom stereocenters. The third-order valence-electron chi connectivity index (χ3n) is 7.42. The summed E-state index contributed by atoms with van der Waals surface area (Å²) in [6.45, 7) is 2.33. The van der Waals surface area contributed by atoms with Crippen LogP contribution in [-0.2, 0) is 31.4 Å². The number of aliphatic hydroxyl groups is 1. The molecule has 0 bridgehead atoms. The third-order valence-corrected chi connectivity index (χ3v) is 8.40. The molecule has 1 aliphatic heterocycles. The third kappa shape index (κ3) is 6.55. The summed E-state index contributed by atoms with van der Waals surface area (Å²) in [6, 6.07) is 17.8. The molecule has 3 aromatic carbocycles. The standard InChI is InChI=1S/C31H33F3N4O2S/c1-3-22-18-38-19-41-37(2)27-15-23(14-25(22)29(27)38)30(40)36-26(13-20-8-5-4-6-9-20)28(39)17-35-16-21-10-7-11-24(12-21)31(32,33)34/h4-12,14-15,18,26,28,35,39H,3,13,16-17,19H2,1-2H3,(H,36,40)/t26-,28+/m0/s1. The van der Waals surface area contributed by atoms with Crippen molar-refractivity contribution in [3.63, 3.8) is 0 Å². The summed E-state index contributed by atoms with van der Waals surface area (Å²) in [5, 5.41) is 18.3. The molecule has 1 amide bonds. The van der Waals surface area contributed by atoms with Crippen LogP contribution < -0.4 is 14.9 Å². The van der Waals surface area contributed by atoms with Crippen molar-refractivity contribution in [1.82, 2.24) is 15.2 Å². The first-order valence-electron chi connectivity index (χ1n) is 13.6. The molecule has 0 saturated heterocycles. The van der Waals surface area contributed by atoms with Crippen molar-refractivity contribution in [2.75, 3.05) is 17.9 Å². The van der Waals surface area contributed by atoms with Crippen molar-refractivity contribution in [3.8, 4) is 0 Å². The largest absolute Gasteiger partial charge is 0.416 e. The predicted octanol–water partition coefficient (Wildman–Crippen LogP) is 5.77. The van der Waals surface area contributed by atoms with Crippen LogP contribution in [0.5, 0.6) is 0 Å². The number of halogens is 3. The Morgan fingerprint density at radius 1 is 1.07 bits per heavy atom. The lowest BCUT2D eigenvalue weighted by Gasteiger charge is -2.27. The van der Waals surface area contributed by atoms with Crippen molar-refractivity contribution in [1.29, 1.82) is 0 Å². The zero-order valence-electron chi connectivity index (χ0n) is 22.9. The molecule has 5 rings (SSSR count). The number of carbonyl (C=O) groups is 1. The van der Waals surface area contributed by atoms with Crippen LogP contribution in [0.1, 0.15) is 39.5 Å². The first kappa shape index (κ1) is 29.0. The van der Waals surface area contributed by atoms with Gasteiger partial charge in [-0.3, -0.25) is 4.79 Å². The zero-order valence-corrected chi connectivity index (χ0v) is 23.7. The summed E-state index contributed by atoms with van der Waals surface area (Å²) >= 11 is 1.66. The van der Waals surface area contributed by atoms with Crippen LogP contribution in [-0.4, -0.2) is 41.3 Å². The minimum absolute atomic E-state index is 0.0839. The fraction of sp³-hybridized carbons (Fsp3) is 0.323. The van der Waals surface area contributed by atoms with Gasteiger partial charge >= 0.3 is 6.18 Å². The summed E-state index contributed by atoms with van der Waals surface area (Å²) in [4.78, 5) is 13.6. The maximum atomic E-state index is 13.6. The summed E-state index contributed by atoms with van der Waals surface area (Å²) in [5.74, 6) is 0.518. The van der Waals surface area contributed by atoms with Gasteiger partial charge in [0.15, 0.2) is 0 Å². The lowest BCUT2D eigenvalue weighted by atomic mass is 9.99. The number of nitrogens with zero attached hydrogens (tertiary/aromatic N) is 2. The van der Waals surface area contributed by atoms with Gasteiger partial charge in [-0.1, -0.05) is 55.5 Å². The topological polar surface area (TPSA) is 69.5 Å². The van der Waals surface area contributed by atoms with E-state index < -0.39 is 23.9 Å². The molecular formula is C31H33F3N4O2S. The van der Waals surface area contributed by atoms with E-state index in [4.69, 9.17) is 0 Å². The minimum atomic E-state index is -4.42. The van der Waals surface area contributed by atoms with Crippen molar-refractivity contribution >= 4 is 34.4 Å². The SMILES string of the molecule is CCc1cn2c3c(cc(C(=O)N[C@@H](Cc4ccccc4)[C@H](O)CNCc4cccc(C(F)(F)F)c4)cc13)N(C)SC2. The number of rotatable bonds is 10. The second-order valence-corrected chi connectivity index (χ2v) is 11.4. The molecule has 3 N–H and O–H groups in total. The van der Waals surface area contributed by atoms with Gasteiger partial charge in [0, 0.05) is 37.3 Å². The van der Waals surface area contributed by atoms with E-state index in [1.54, 1.807) is 18.0 Å². The maximum absolute atomic E-state index is 13.6. The highest BCUT2D eigenvalue weighted by Gasteiger charge is 2.30. The van der Waals surface area contributed by atoms with Crippen molar-refractivity contribution < 1.29 is 23.1 Å². The van der Waals surface area contributed by atoms with E-state index in [-0.39, 0.29) is 19.0 Å². The van der Waals surface area contributed by atoms with E-state index in [1.807, 2.05) is 49.5 Å². The summed E-state index contributed by atoms with van der Waals surface area (Å²) in [6.07, 6.45) is -2.03. The summed E-state index contributed by atoms with van der Waals surface area (Å²) in [7, 11) is 1.99. The average molecular weight is 583 g/mol. The highest BCUT2D eigenvalue weighted by molar-refractivity contribution is 7.99. The van der Waals surface area contributed by atoms with Crippen molar-refractivity contribution in [2.45, 2.75) is 50.5 Å². The Morgan fingerprint density at radius 3 is 2.56 bits per heavy atom. The molecule has 0 spiro atoms. The van der Waals surface area contributed by atoms with E-state index >= 15 is 0 Å². The first-order chi connectivity index (χ1) is 19.6. The second-order valence-electron chi connectivity index (χ2n) is 10.3. The van der Waals surface area contributed by atoms with E-state index in [1.165, 1.54) is 11.6 Å². The molecular weight excluding hydrogens is 549 g/mol. The number of alkyl halides is 3. The zero-order chi connectivity index (χ0) is 29.1. The van der Waals surface area contributed by atoms with Gasteiger partial charge in [-0.15, -0.1) is 0 Å². The number of hydrogen-bond acceptors (Lipinski definition) is 5. The van der Waals surface area contributed by atoms with Crippen LogP contribution >= 0.6 is 11.9 Å². The number of amides is 1. The van der Waals surface area contributed by atoms with Gasteiger partial charge < -0.3 is 24.6 Å². The van der Waals surface area contributed by atoms with Gasteiger partial charge in [-0.05, 0) is 59.7 Å². The molecule has 0 saturated carbocycles. The Labute approximate surface area is 241 Å². The Kier molecular flexibility index (Phi) is 8.63. The highest BCUT2D eigenvalue weighted by atomic mass is 32.2. The maximum Gasteiger partial charge on any atom is 0.416 e. The number of anilines is 1. The molecule has 0 fully saturated rings. The summed E-state index contributed by atoms with van der Waals surface area (Å²) < 4.78 is 43.6. The molecule has 1 aliphatic rings. The molecule has 216 valence electrons. The lowest BCUT2D eigenvalue weighted by Crippen LogP contribution is -2.48. The quantitative estimate of drug-likeness (QED) is 0.207. The van der Waals surface area contributed by atoms with Gasteiger partial charge in [0.2, 0.25) is 0 Å². The molecule has 1 aromatic heterocycles. The number of aliphatic hydroxyl groups excluding tert-OH is 1. The molecule has 10 heteroatoms. The Hall–Kier alpha value is -3.47. The molecule has 2 heterocycles. The van der Waals surface area contributed by atoms with Gasteiger partial charge in [-0.25, -0.2) is 0 Å². The minimum Gasteiger partial charge on any atom is -0.390 e. The second kappa shape index (κ2) is 12.2. The smallest absolute Gasteiger partial charge is 0.390 e. The van der Waals surface area contributed by atoms with Gasteiger partial charge in [0.25, 0.3) is 5.91 Å². The van der Waals surface area contributed by atoms with E-state index in [9.17, 15) is 23.1 Å². The van der Waals surface area contributed by atoms with Crippen LogP contribution in [0.25, 0.3) is 10.9 Å². The van der Waals surface area contributed by atoms with E-state index in [0.717, 1.165) is 46.6 Å². The first-order valence-corrected chi connectivity index (χ1v) is 14.5. The number of hydrogen-bond donors (Lipinski definition) is 3. The van der Waals surface area contributed by atoms with Crippen LogP contribution in [0.2, 0.25) is 0 Å². The van der Waals surface area contributed by atoms with Gasteiger partial charge in [-0.2, -0.15) is 13.2 Å². The normalized spacial score (nSPS) is 14.7. The number of aromatic nitrogens is 1. The fourth-order valence-electron chi connectivity index (χ4n) is 5.23.